The fraction of sp³-hybridized carbons (Fsp3) is 0.474. The zero-order valence-electron chi connectivity index (χ0n) is 13.8. The van der Waals surface area contributed by atoms with Crippen LogP contribution in [0.5, 0.6) is 11.5 Å². The molecule has 1 aromatic carbocycles. The van der Waals surface area contributed by atoms with Gasteiger partial charge in [-0.05, 0) is 38.7 Å². The van der Waals surface area contributed by atoms with Gasteiger partial charge in [0.2, 0.25) is 0 Å². The van der Waals surface area contributed by atoms with E-state index in [1.54, 1.807) is 7.11 Å². The van der Waals surface area contributed by atoms with Crippen molar-refractivity contribution in [3.05, 3.63) is 41.5 Å². The Balaban J connectivity index is 1.93. The first kappa shape index (κ1) is 14.8. The lowest BCUT2D eigenvalue weighted by molar-refractivity contribution is 0.00751. The van der Waals surface area contributed by atoms with E-state index in [2.05, 4.69) is 43.3 Å². The summed E-state index contributed by atoms with van der Waals surface area (Å²) in [5.74, 6) is 1.81. The molecule has 0 bridgehead atoms. The van der Waals surface area contributed by atoms with E-state index < -0.39 is 6.10 Å². The van der Waals surface area contributed by atoms with E-state index in [-0.39, 0.29) is 17.4 Å². The van der Waals surface area contributed by atoms with Gasteiger partial charge in [0.15, 0.2) is 11.5 Å². The van der Waals surface area contributed by atoms with E-state index in [0.29, 0.717) is 0 Å². The predicted molar refractivity (Wildman–Crippen MR) is 89.9 cm³/mol. The van der Waals surface area contributed by atoms with Crippen LogP contribution in [0.2, 0.25) is 0 Å². The molecular formula is C19H23NO3. The molecule has 3 aliphatic rings. The minimum absolute atomic E-state index is 0.216. The molecule has 0 radical (unpaired) electrons. The maximum absolute atomic E-state index is 10.6. The van der Waals surface area contributed by atoms with Gasteiger partial charge in [-0.25, -0.2) is 0 Å². The quantitative estimate of drug-likeness (QED) is 0.866. The monoisotopic (exact) mass is 313 g/mol. The fourth-order valence-corrected chi connectivity index (χ4v) is 4.37. The van der Waals surface area contributed by atoms with Crippen molar-refractivity contribution in [1.82, 2.24) is 4.90 Å². The van der Waals surface area contributed by atoms with E-state index >= 15 is 0 Å². The molecule has 0 aromatic heterocycles. The molecule has 1 N–H and O–H groups in total. The van der Waals surface area contributed by atoms with Gasteiger partial charge in [0.1, 0.15) is 12.2 Å². The number of aliphatic hydroxyl groups excluding tert-OH is 1. The predicted octanol–water partition coefficient (Wildman–Crippen LogP) is 2.22. The Kier molecular flexibility index (Phi) is 3.29. The van der Waals surface area contributed by atoms with Crippen LogP contribution in [0, 0.1) is 5.92 Å². The summed E-state index contributed by atoms with van der Waals surface area (Å²) in [5, 5.41) is 10.6. The maximum atomic E-state index is 10.6. The second-order valence-electron chi connectivity index (χ2n) is 6.95. The molecule has 122 valence electrons. The van der Waals surface area contributed by atoms with Gasteiger partial charge in [-0.15, -0.1) is 0 Å². The van der Waals surface area contributed by atoms with Crippen molar-refractivity contribution in [3.8, 4) is 11.5 Å². The highest BCUT2D eigenvalue weighted by atomic mass is 16.5. The lowest BCUT2D eigenvalue weighted by Gasteiger charge is -2.45. The summed E-state index contributed by atoms with van der Waals surface area (Å²) in [6, 6.07) is 4.05. The van der Waals surface area contributed by atoms with Crippen LogP contribution in [0.3, 0.4) is 0 Å². The van der Waals surface area contributed by atoms with Gasteiger partial charge in [-0.2, -0.15) is 0 Å². The molecule has 4 nitrogen and oxygen atoms in total. The van der Waals surface area contributed by atoms with Crippen molar-refractivity contribution >= 4 is 6.08 Å². The van der Waals surface area contributed by atoms with Gasteiger partial charge in [0, 0.05) is 11.5 Å². The molecule has 0 fully saturated rings. The van der Waals surface area contributed by atoms with E-state index in [1.807, 2.05) is 12.1 Å². The molecule has 4 atom stereocenters. The molecule has 0 saturated heterocycles. The van der Waals surface area contributed by atoms with Gasteiger partial charge >= 0.3 is 0 Å². The summed E-state index contributed by atoms with van der Waals surface area (Å²) in [7, 11) is 5.84. The van der Waals surface area contributed by atoms with Crippen molar-refractivity contribution in [1.29, 1.82) is 0 Å². The maximum Gasteiger partial charge on any atom is 0.166 e. The number of rotatable bonds is 4. The Labute approximate surface area is 137 Å². The third-order valence-electron chi connectivity index (χ3n) is 5.47. The number of nitrogens with zero attached hydrogens (tertiary/aromatic N) is 1. The fourth-order valence-electron chi connectivity index (χ4n) is 4.37. The third kappa shape index (κ3) is 1.91. The smallest absolute Gasteiger partial charge is 0.166 e. The van der Waals surface area contributed by atoms with Crippen LogP contribution in [0.25, 0.3) is 6.08 Å². The topological polar surface area (TPSA) is 41.9 Å². The van der Waals surface area contributed by atoms with E-state index in [4.69, 9.17) is 9.47 Å². The van der Waals surface area contributed by atoms with Gasteiger partial charge < -0.3 is 19.5 Å². The van der Waals surface area contributed by atoms with E-state index in [0.717, 1.165) is 24.5 Å². The molecule has 0 saturated carbocycles. The van der Waals surface area contributed by atoms with Crippen molar-refractivity contribution in [2.24, 2.45) is 5.92 Å². The summed E-state index contributed by atoms with van der Waals surface area (Å²) in [6.45, 7) is 0.945. The summed E-state index contributed by atoms with van der Waals surface area (Å²) in [5.41, 5.74) is 2.17. The number of aliphatic hydroxyl groups is 1. The van der Waals surface area contributed by atoms with E-state index in [9.17, 15) is 5.11 Å². The van der Waals surface area contributed by atoms with Crippen LogP contribution in [0.1, 0.15) is 17.5 Å². The number of benzene rings is 1. The summed E-state index contributed by atoms with van der Waals surface area (Å²) >= 11 is 0. The normalized spacial score (nSPS) is 32.8. The molecule has 4 heteroatoms. The van der Waals surface area contributed by atoms with Crippen molar-refractivity contribution < 1.29 is 14.6 Å². The molecule has 0 amide bonds. The largest absolute Gasteiger partial charge is 0.493 e. The zero-order valence-corrected chi connectivity index (χ0v) is 13.8. The Bertz CT molecular complexity index is 694. The lowest BCUT2D eigenvalue weighted by atomic mass is 9.59. The second kappa shape index (κ2) is 5.11. The number of allylic oxidation sites excluding steroid dienone is 2. The highest BCUT2D eigenvalue weighted by Crippen LogP contribution is 2.59. The van der Waals surface area contributed by atoms with Crippen LogP contribution in [0.15, 0.2) is 30.4 Å². The minimum Gasteiger partial charge on any atom is -0.493 e. The lowest BCUT2D eigenvalue weighted by Crippen LogP contribution is -2.53. The summed E-state index contributed by atoms with van der Waals surface area (Å²) < 4.78 is 11.8. The van der Waals surface area contributed by atoms with Gasteiger partial charge in [0.05, 0.1) is 12.5 Å². The Morgan fingerprint density at radius 2 is 2.09 bits per heavy atom. The standard InChI is InChI=1S/C19H23NO3/c1-20(2)11-10-19-13-6-4-12-5-9-15(22-3)17(16(12)19)23-18(19)14(21)8-7-13/h4-9,13-14,18,21H,10-11H2,1-3H3/t13-,14+,18-,19-/m0/s1. The number of hydrogen-bond donors (Lipinski definition) is 1. The third-order valence-corrected chi connectivity index (χ3v) is 5.47. The van der Waals surface area contributed by atoms with E-state index in [1.165, 1.54) is 11.1 Å². The highest BCUT2D eigenvalue weighted by Gasteiger charge is 2.58. The molecule has 23 heavy (non-hydrogen) atoms. The Morgan fingerprint density at radius 3 is 2.83 bits per heavy atom. The molecule has 0 unspecified atom stereocenters. The Morgan fingerprint density at radius 1 is 1.26 bits per heavy atom. The van der Waals surface area contributed by atoms with Crippen LogP contribution in [0.4, 0.5) is 0 Å². The molecule has 1 heterocycles. The Hall–Kier alpha value is -1.78. The summed E-state index contributed by atoms with van der Waals surface area (Å²) in [4.78, 5) is 2.19. The first-order valence-electron chi connectivity index (χ1n) is 8.15. The number of ether oxygens (including phenoxy) is 2. The summed E-state index contributed by atoms with van der Waals surface area (Å²) in [6.07, 6.45) is 8.51. The first-order chi connectivity index (χ1) is 11.1. The van der Waals surface area contributed by atoms with Crippen molar-refractivity contribution in [2.75, 3.05) is 27.7 Å². The average molecular weight is 313 g/mol. The molecule has 1 aliphatic heterocycles. The van der Waals surface area contributed by atoms with Crippen LogP contribution >= 0.6 is 0 Å². The van der Waals surface area contributed by atoms with Crippen LogP contribution in [-0.4, -0.2) is 50.0 Å². The zero-order chi connectivity index (χ0) is 16.2. The van der Waals surface area contributed by atoms with Crippen LogP contribution in [-0.2, 0) is 5.41 Å². The van der Waals surface area contributed by atoms with Gasteiger partial charge in [-0.3, -0.25) is 0 Å². The van der Waals surface area contributed by atoms with Gasteiger partial charge in [0.25, 0.3) is 0 Å². The molecule has 0 spiro atoms. The molecule has 1 aromatic rings. The van der Waals surface area contributed by atoms with Crippen molar-refractivity contribution in [2.45, 2.75) is 24.0 Å². The highest BCUT2D eigenvalue weighted by molar-refractivity contribution is 5.71. The van der Waals surface area contributed by atoms with Crippen molar-refractivity contribution in [3.63, 3.8) is 0 Å². The SMILES string of the molecule is COc1ccc2c3c1O[C@H]1[C@H](O)C=C[C@H](C=C2)[C@@]31CCN(C)C. The number of hydrogen-bond acceptors (Lipinski definition) is 4. The molecular weight excluding hydrogens is 290 g/mol. The first-order valence-corrected chi connectivity index (χ1v) is 8.15. The average Bonchev–Trinajstić information content (AvgIpc) is 2.90. The van der Waals surface area contributed by atoms with Crippen LogP contribution < -0.4 is 9.47 Å². The minimum atomic E-state index is -0.593. The van der Waals surface area contributed by atoms with Gasteiger partial charge in [-0.1, -0.05) is 30.4 Å². The molecule has 2 aliphatic carbocycles. The molecule has 4 rings (SSSR count). The second-order valence-corrected chi connectivity index (χ2v) is 6.95. The number of methoxy groups -OCH3 is 1.